The van der Waals surface area contributed by atoms with Gasteiger partial charge in [0.05, 0.1) is 23.7 Å². The SMILES string of the molecule is CO[C@H](C)[C@@H](c1nc2ccc(I)cc2[nH]1)n1c(O)c(-c2ccc(OCCO)cc2)[nH]c1=O. The van der Waals surface area contributed by atoms with E-state index in [0.717, 1.165) is 14.6 Å². The maximum Gasteiger partial charge on any atom is 0.329 e. The van der Waals surface area contributed by atoms with Crippen molar-refractivity contribution in [2.24, 2.45) is 0 Å². The van der Waals surface area contributed by atoms with E-state index in [0.29, 0.717) is 17.1 Å². The highest BCUT2D eigenvalue weighted by Gasteiger charge is 2.30. The minimum Gasteiger partial charge on any atom is -0.493 e. The van der Waals surface area contributed by atoms with E-state index in [-0.39, 0.29) is 24.8 Å². The summed E-state index contributed by atoms with van der Waals surface area (Å²) in [5.74, 6) is 0.863. The second kappa shape index (κ2) is 9.35. The van der Waals surface area contributed by atoms with Gasteiger partial charge in [0.25, 0.3) is 0 Å². The topological polar surface area (TPSA) is 125 Å². The van der Waals surface area contributed by atoms with Gasteiger partial charge in [-0.1, -0.05) is 0 Å². The molecule has 9 nitrogen and oxygen atoms in total. The highest BCUT2D eigenvalue weighted by Crippen LogP contribution is 2.33. The maximum absolute atomic E-state index is 12.9. The number of aromatic hydroxyl groups is 1. The van der Waals surface area contributed by atoms with Crippen molar-refractivity contribution in [3.63, 3.8) is 0 Å². The van der Waals surface area contributed by atoms with Crippen molar-refractivity contribution >= 4 is 33.6 Å². The molecule has 32 heavy (non-hydrogen) atoms. The fourth-order valence-electron chi connectivity index (χ4n) is 3.61. The van der Waals surface area contributed by atoms with Crippen molar-refractivity contribution in [2.75, 3.05) is 20.3 Å². The number of aliphatic hydroxyl groups is 1. The van der Waals surface area contributed by atoms with Crippen molar-refractivity contribution in [1.29, 1.82) is 0 Å². The van der Waals surface area contributed by atoms with Gasteiger partial charge in [0.2, 0.25) is 5.88 Å². The molecule has 2 aromatic carbocycles. The number of H-pyrrole nitrogens is 2. The first-order chi connectivity index (χ1) is 15.4. The normalized spacial score (nSPS) is 13.4. The number of fused-ring (bicyclic) bond motifs is 1. The zero-order valence-electron chi connectivity index (χ0n) is 17.5. The van der Waals surface area contributed by atoms with Gasteiger partial charge in [-0.3, -0.25) is 0 Å². The summed E-state index contributed by atoms with van der Waals surface area (Å²) < 4.78 is 13.2. The molecule has 0 aliphatic rings. The molecule has 4 aromatic rings. The maximum atomic E-state index is 12.9. The molecule has 0 unspecified atom stereocenters. The van der Waals surface area contributed by atoms with Crippen molar-refractivity contribution in [2.45, 2.75) is 19.1 Å². The van der Waals surface area contributed by atoms with Crippen LogP contribution in [0.5, 0.6) is 11.6 Å². The van der Waals surface area contributed by atoms with E-state index in [9.17, 15) is 9.90 Å². The van der Waals surface area contributed by atoms with E-state index < -0.39 is 17.8 Å². The van der Waals surface area contributed by atoms with Crippen LogP contribution < -0.4 is 10.4 Å². The number of hydrogen-bond acceptors (Lipinski definition) is 6. The van der Waals surface area contributed by atoms with Crippen LogP contribution in [0.3, 0.4) is 0 Å². The smallest absolute Gasteiger partial charge is 0.329 e. The van der Waals surface area contributed by atoms with Crippen LogP contribution in [-0.4, -0.2) is 56.2 Å². The first kappa shape index (κ1) is 22.4. The monoisotopic (exact) mass is 550 g/mol. The largest absolute Gasteiger partial charge is 0.493 e. The molecule has 0 aliphatic heterocycles. The Morgan fingerprint density at radius 2 is 1.94 bits per heavy atom. The van der Waals surface area contributed by atoms with E-state index in [1.165, 1.54) is 4.57 Å². The number of aliphatic hydroxyl groups excluding tert-OH is 1. The number of hydrogen-bond donors (Lipinski definition) is 4. The number of benzene rings is 2. The summed E-state index contributed by atoms with van der Waals surface area (Å²) >= 11 is 2.22. The second-order valence-corrected chi connectivity index (χ2v) is 8.51. The number of methoxy groups -OCH3 is 1. The standard InChI is InChI=1S/C22H23IN4O5/c1-12(31-2)19(20-24-16-8-5-14(23)11-17(16)25-20)27-21(29)18(26-22(27)30)13-3-6-15(7-4-13)32-10-9-28/h3-8,11-12,19,28-29H,9-10H2,1-2H3,(H,24,25)(H,26,30)/t12-,19+/m1/s1. The van der Waals surface area contributed by atoms with Gasteiger partial charge in [-0.2, -0.15) is 0 Å². The highest BCUT2D eigenvalue weighted by atomic mass is 127. The quantitative estimate of drug-likeness (QED) is 0.250. The summed E-state index contributed by atoms with van der Waals surface area (Å²) in [4.78, 5) is 23.6. The number of aromatic nitrogens is 4. The Kier molecular flexibility index (Phi) is 6.53. The highest BCUT2D eigenvalue weighted by molar-refractivity contribution is 14.1. The van der Waals surface area contributed by atoms with Crippen LogP contribution in [0.1, 0.15) is 18.8 Å². The van der Waals surface area contributed by atoms with Gasteiger partial charge in [-0.25, -0.2) is 14.3 Å². The molecule has 2 atom stereocenters. The fourth-order valence-corrected chi connectivity index (χ4v) is 4.10. The zero-order valence-corrected chi connectivity index (χ0v) is 19.7. The fraction of sp³-hybridized carbons (Fsp3) is 0.273. The Balaban J connectivity index is 1.77. The molecular weight excluding hydrogens is 527 g/mol. The lowest BCUT2D eigenvalue weighted by atomic mass is 10.1. The van der Waals surface area contributed by atoms with Crippen molar-refractivity contribution in [1.82, 2.24) is 19.5 Å². The van der Waals surface area contributed by atoms with Gasteiger partial charge in [0.15, 0.2) is 0 Å². The van der Waals surface area contributed by atoms with Crippen LogP contribution in [0.15, 0.2) is 47.3 Å². The van der Waals surface area contributed by atoms with Crippen molar-refractivity contribution in [3.05, 3.63) is 62.3 Å². The molecule has 0 aliphatic carbocycles. The molecule has 0 saturated heterocycles. The molecule has 0 amide bonds. The predicted molar refractivity (Wildman–Crippen MR) is 128 cm³/mol. The van der Waals surface area contributed by atoms with E-state index in [2.05, 4.69) is 37.5 Å². The van der Waals surface area contributed by atoms with Gasteiger partial charge < -0.3 is 29.7 Å². The molecule has 0 fully saturated rings. The van der Waals surface area contributed by atoms with Crippen LogP contribution in [0, 0.1) is 3.57 Å². The van der Waals surface area contributed by atoms with Crippen LogP contribution in [0.4, 0.5) is 0 Å². The number of imidazole rings is 2. The average Bonchev–Trinajstić information content (AvgIpc) is 3.33. The number of rotatable bonds is 8. The molecule has 2 aromatic heterocycles. The van der Waals surface area contributed by atoms with E-state index in [1.54, 1.807) is 31.4 Å². The average molecular weight is 550 g/mol. The van der Waals surface area contributed by atoms with Gasteiger partial charge in [0.1, 0.15) is 29.9 Å². The lowest BCUT2D eigenvalue weighted by molar-refractivity contribution is 0.0786. The number of nitrogens with zero attached hydrogens (tertiary/aromatic N) is 2. The predicted octanol–water partition coefficient (Wildman–Crippen LogP) is 3.03. The summed E-state index contributed by atoms with van der Waals surface area (Å²) in [6, 6.07) is 12.0. The Morgan fingerprint density at radius 3 is 2.62 bits per heavy atom. The Labute approximate surface area is 197 Å². The van der Waals surface area contributed by atoms with Gasteiger partial charge in [-0.05, 0) is 72.0 Å². The van der Waals surface area contributed by atoms with Crippen LogP contribution in [0.2, 0.25) is 0 Å². The third kappa shape index (κ3) is 4.25. The first-order valence-electron chi connectivity index (χ1n) is 9.98. The molecule has 168 valence electrons. The molecule has 0 spiro atoms. The van der Waals surface area contributed by atoms with E-state index in [4.69, 9.17) is 14.6 Å². The third-order valence-electron chi connectivity index (χ3n) is 5.24. The van der Waals surface area contributed by atoms with Gasteiger partial charge in [0, 0.05) is 16.2 Å². The molecule has 10 heteroatoms. The second-order valence-electron chi connectivity index (χ2n) is 7.26. The lowest BCUT2D eigenvalue weighted by Crippen LogP contribution is -2.32. The third-order valence-corrected chi connectivity index (χ3v) is 5.91. The summed E-state index contributed by atoms with van der Waals surface area (Å²) in [5, 5.41) is 19.9. The summed E-state index contributed by atoms with van der Waals surface area (Å²) in [5.41, 5.74) is 2.00. The molecule has 4 N–H and O–H groups in total. The minimum atomic E-state index is -0.685. The number of halogens is 1. The number of nitrogens with one attached hydrogen (secondary N) is 2. The van der Waals surface area contributed by atoms with Gasteiger partial charge >= 0.3 is 5.69 Å². The van der Waals surface area contributed by atoms with E-state index in [1.807, 2.05) is 25.1 Å². The van der Waals surface area contributed by atoms with Crippen molar-refractivity contribution < 1.29 is 19.7 Å². The molecule has 0 radical (unpaired) electrons. The summed E-state index contributed by atoms with van der Waals surface area (Å²) in [6.07, 6.45) is -0.462. The van der Waals surface area contributed by atoms with Crippen LogP contribution >= 0.6 is 22.6 Å². The number of ether oxygens (including phenoxy) is 2. The van der Waals surface area contributed by atoms with Crippen LogP contribution in [0.25, 0.3) is 22.3 Å². The van der Waals surface area contributed by atoms with Crippen molar-refractivity contribution in [3.8, 4) is 22.9 Å². The lowest BCUT2D eigenvalue weighted by Gasteiger charge is -2.22. The number of aromatic amines is 2. The van der Waals surface area contributed by atoms with E-state index >= 15 is 0 Å². The Hall–Kier alpha value is -2.83. The Bertz CT molecular complexity index is 1280. The van der Waals surface area contributed by atoms with Crippen LogP contribution in [-0.2, 0) is 4.74 Å². The Morgan fingerprint density at radius 1 is 1.19 bits per heavy atom. The molecule has 2 heterocycles. The molecular formula is C22H23IN4O5. The summed E-state index contributed by atoms with van der Waals surface area (Å²) in [6.45, 7) is 1.91. The zero-order chi connectivity index (χ0) is 22.8. The molecule has 0 bridgehead atoms. The minimum absolute atomic E-state index is 0.0846. The van der Waals surface area contributed by atoms with Gasteiger partial charge in [-0.15, -0.1) is 0 Å². The first-order valence-corrected chi connectivity index (χ1v) is 11.1. The molecule has 4 rings (SSSR count). The summed E-state index contributed by atoms with van der Waals surface area (Å²) in [7, 11) is 1.55. The molecule has 0 saturated carbocycles.